The summed E-state index contributed by atoms with van der Waals surface area (Å²) in [6.45, 7) is 3.47. The number of ketones is 1. The number of halogens is 2. The molecule has 0 atom stereocenters. The second-order valence-corrected chi connectivity index (χ2v) is 4.44. The molecule has 1 nitrogen and oxygen atoms in total. The molecular weight excluding hydrogens is 215 g/mol. The minimum atomic E-state index is -0.0434. The molecule has 0 amide bonds. The maximum atomic E-state index is 11.3. The molecule has 0 fully saturated rings. The van der Waals surface area contributed by atoms with Crippen molar-refractivity contribution in [2.24, 2.45) is 0 Å². The van der Waals surface area contributed by atoms with E-state index in [1.807, 2.05) is 0 Å². The molecular formula is C8H6Cl2OS. The summed E-state index contributed by atoms with van der Waals surface area (Å²) in [6, 6.07) is 1.58. The third kappa shape index (κ3) is 2.09. The van der Waals surface area contributed by atoms with E-state index in [4.69, 9.17) is 23.2 Å². The predicted molar refractivity (Wildman–Crippen MR) is 53.5 cm³/mol. The molecule has 0 aromatic carbocycles. The van der Waals surface area contributed by atoms with Gasteiger partial charge in [0.05, 0.1) is 4.34 Å². The summed E-state index contributed by atoms with van der Waals surface area (Å²) in [6.07, 6.45) is 1.84. The Morgan fingerprint density at radius 3 is 2.75 bits per heavy atom. The first-order valence-corrected chi connectivity index (χ1v) is 4.81. The number of hydrogen-bond acceptors (Lipinski definition) is 2. The zero-order valence-corrected chi connectivity index (χ0v) is 8.47. The van der Waals surface area contributed by atoms with Crippen LogP contribution in [-0.2, 0) is 0 Å². The van der Waals surface area contributed by atoms with Crippen molar-refractivity contribution in [1.82, 2.24) is 0 Å². The Hall–Kier alpha value is -0.310. The summed E-state index contributed by atoms with van der Waals surface area (Å²) >= 11 is 12.6. The van der Waals surface area contributed by atoms with Gasteiger partial charge in [0.2, 0.25) is 0 Å². The first-order chi connectivity index (χ1) is 5.65. The molecule has 0 saturated heterocycles. The SMILES string of the molecule is C=CCC(=O)c1cc(Cl)sc1Cl. The number of rotatable bonds is 3. The largest absolute Gasteiger partial charge is 0.294 e. The van der Waals surface area contributed by atoms with Gasteiger partial charge in [-0.15, -0.1) is 17.9 Å². The van der Waals surface area contributed by atoms with Crippen LogP contribution in [0.1, 0.15) is 16.8 Å². The van der Waals surface area contributed by atoms with Crippen molar-refractivity contribution in [3.8, 4) is 0 Å². The van der Waals surface area contributed by atoms with Gasteiger partial charge >= 0.3 is 0 Å². The van der Waals surface area contributed by atoms with E-state index < -0.39 is 0 Å². The number of Topliss-reactive ketones (excluding diaryl/α,β-unsaturated/α-hetero) is 1. The summed E-state index contributed by atoms with van der Waals surface area (Å²) in [5, 5.41) is 0. The van der Waals surface area contributed by atoms with Crippen molar-refractivity contribution < 1.29 is 4.79 Å². The minimum Gasteiger partial charge on any atom is -0.294 e. The zero-order valence-electron chi connectivity index (χ0n) is 6.14. The lowest BCUT2D eigenvalue weighted by Gasteiger charge is -1.91. The van der Waals surface area contributed by atoms with E-state index in [-0.39, 0.29) is 5.78 Å². The number of thiophene rings is 1. The molecule has 4 heteroatoms. The van der Waals surface area contributed by atoms with Crippen molar-refractivity contribution in [3.05, 3.63) is 33.0 Å². The van der Waals surface area contributed by atoms with Crippen molar-refractivity contribution in [2.45, 2.75) is 6.42 Å². The first-order valence-electron chi connectivity index (χ1n) is 3.24. The van der Waals surface area contributed by atoms with Gasteiger partial charge in [0.1, 0.15) is 4.34 Å². The Bertz CT molecular complexity index is 317. The van der Waals surface area contributed by atoms with Crippen molar-refractivity contribution >= 4 is 40.3 Å². The van der Waals surface area contributed by atoms with Crippen LogP contribution < -0.4 is 0 Å². The predicted octanol–water partition coefficient (Wildman–Crippen LogP) is 3.81. The molecule has 0 spiro atoms. The van der Waals surface area contributed by atoms with Crippen LogP contribution in [0.5, 0.6) is 0 Å². The summed E-state index contributed by atoms with van der Waals surface area (Å²) in [4.78, 5) is 11.3. The van der Waals surface area contributed by atoms with Crippen molar-refractivity contribution in [1.29, 1.82) is 0 Å². The van der Waals surface area contributed by atoms with Crippen LogP contribution in [0.15, 0.2) is 18.7 Å². The van der Waals surface area contributed by atoms with Gasteiger partial charge in [-0.2, -0.15) is 0 Å². The first kappa shape index (κ1) is 9.78. The maximum absolute atomic E-state index is 11.3. The van der Waals surface area contributed by atoms with E-state index in [0.29, 0.717) is 20.7 Å². The second-order valence-electron chi connectivity index (χ2n) is 2.15. The fourth-order valence-electron chi connectivity index (χ4n) is 0.771. The van der Waals surface area contributed by atoms with Gasteiger partial charge in [0.15, 0.2) is 5.78 Å². The molecule has 1 aromatic heterocycles. The van der Waals surface area contributed by atoms with Gasteiger partial charge < -0.3 is 0 Å². The summed E-state index contributed by atoms with van der Waals surface area (Å²) < 4.78 is 0.985. The average molecular weight is 221 g/mol. The standard InChI is InChI=1S/C8H6Cl2OS/c1-2-3-6(11)5-4-7(9)12-8(5)10/h2,4H,1,3H2. The normalized spacial score (nSPS) is 9.83. The van der Waals surface area contributed by atoms with Gasteiger partial charge in [-0.05, 0) is 6.07 Å². The van der Waals surface area contributed by atoms with Gasteiger partial charge in [-0.25, -0.2) is 0 Å². The van der Waals surface area contributed by atoms with Gasteiger partial charge in [0.25, 0.3) is 0 Å². The minimum absolute atomic E-state index is 0.0434. The number of allylic oxidation sites excluding steroid dienone is 1. The smallest absolute Gasteiger partial charge is 0.169 e. The molecule has 0 radical (unpaired) electrons. The molecule has 0 aliphatic heterocycles. The van der Waals surface area contributed by atoms with Crippen LogP contribution in [0.2, 0.25) is 8.67 Å². The van der Waals surface area contributed by atoms with E-state index in [1.165, 1.54) is 11.3 Å². The van der Waals surface area contributed by atoms with Crippen LogP contribution >= 0.6 is 34.5 Å². The van der Waals surface area contributed by atoms with E-state index in [0.717, 1.165) is 0 Å². The summed E-state index contributed by atoms with van der Waals surface area (Å²) in [7, 11) is 0. The lowest BCUT2D eigenvalue weighted by molar-refractivity contribution is 0.0996. The molecule has 0 saturated carbocycles. The van der Waals surface area contributed by atoms with E-state index >= 15 is 0 Å². The third-order valence-corrected chi connectivity index (χ3v) is 2.77. The Morgan fingerprint density at radius 1 is 1.67 bits per heavy atom. The molecule has 0 aliphatic carbocycles. The van der Waals surface area contributed by atoms with Crippen LogP contribution in [0, 0.1) is 0 Å². The number of carbonyl (C=O) groups excluding carboxylic acids is 1. The van der Waals surface area contributed by atoms with Gasteiger partial charge in [0, 0.05) is 12.0 Å². The number of carbonyl (C=O) groups is 1. The monoisotopic (exact) mass is 220 g/mol. The highest BCUT2D eigenvalue weighted by molar-refractivity contribution is 7.20. The molecule has 0 aliphatic rings. The van der Waals surface area contributed by atoms with Gasteiger partial charge in [-0.3, -0.25) is 4.79 Å². The third-order valence-electron chi connectivity index (χ3n) is 1.29. The number of hydrogen-bond donors (Lipinski definition) is 0. The van der Waals surface area contributed by atoms with Crippen molar-refractivity contribution in [2.75, 3.05) is 0 Å². The lowest BCUT2D eigenvalue weighted by Crippen LogP contribution is -1.94. The van der Waals surface area contributed by atoms with E-state index in [9.17, 15) is 4.79 Å². The Kier molecular flexibility index (Phi) is 3.32. The molecule has 1 aromatic rings. The van der Waals surface area contributed by atoms with E-state index in [1.54, 1.807) is 12.1 Å². The van der Waals surface area contributed by atoms with Gasteiger partial charge in [-0.1, -0.05) is 29.3 Å². The molecule has 0 bridgehead atoms. The fourth-order valence-corrected chi connectivity index (χ4v) is 2.27. The molecule has 0 unspecified atom stereocenters. The molecule has 1 heterocycles. The Labute approximate surface area is 84.6 Å². The second kappa shape index (κ2) is 4.08. The Morgan fingerprint density at radius 2 is 2.33 bits per heavy atom. The highest BCUT2D eigenvalue weighted by Gasteiger charge is 2.12. The zero-order chi connectivity index (χ0) is 9.14. The summed E-state index contributed by atoms with van der Waals surface area (Å²) in [5.41, 5.74) is 0.492. The topological polar surface area (TPSA) is 17.1 Å². The highest BCUT2D eigenvalue weighted by atomic mass is 35.5. The molecule has 12 heavy (non-hydrogen) atoms. The lowest BCUT2D eigenvalue weighted by atomic mass is 10.2. The van der Waals surface area contributed by atoms with Crippen molar-refractivity contribution in [3.63, 3.8) is 0 Å². The van der Waals surface area contributed by atoms with Crippen LogP contribution in [0.25, 0.3) is 0 Å². The molecule has 64 valence electrons. The average Bonchev–Trinajstić information content (AvgIpc) is 2.30. The quantitative estimate of drug-likeness (QED) is 0.560. The van der Waals surface area contributed by atoms with Crippen LogP contribution in [-0.4, -0.2) is 5.78 Å². The highest BCUT2D eigenvalue weighted by Crippen LogP contribution is 2.31. The summed E-state index contributed by atoms with van der Waals surface area (Å²) in [5.74, 6) is -0.0434. The fraction of sp³-hybridized carbons (Fsp3) is 0.125. The maximum Gasteiger partial charge on any atom is 0.169 e. The van der Waals surface area contributed by atoms with Crippen LogP contribution in [0.4, 0.5) is 0 Å². The molecule has 0 N–H and O–H groups in total. The van der Waals surface area contributed by atoms with E-state index in [2.05, 4.69) is 6.58 Å². The molecule has 1 rings (SSSR count). The Balaban J connectivity index is 2.94. The van der Waals surface area contributed by atoms with Crippen LogP contribution in [0.3, 0.4) is 0 Å².